The summed E-state index contributed by atoms with van der Waals surface area (Å²) < 4.78 is 0. The van der Waals surface area contributed by atoms with Gasteiger partial charge in [-0.3, -0.25) is 0 Å². The summed E-state index contributed by atoms with van der Waals surface area (Å²) in [7, 11) is 0. The molecule has 0 aliphatic carbocycles. The molecule has 2 saturated heterocycles. The molecule has 1 atom stereocenters. The van der Waals surface area contributed by atoms with E-state index in [0.717, 1.165) is 12.6 Å². The summed E-state index contributed by atoms with van der Waals surface area (Å²) in [6.07, 6.45) is 8.08. The van der Waals surface area contributed by atoms with E-state index in [4.69, 9.17) is 5.26 Å². The maximum Gasteiger partial charge on any atom is 0.161 e. The lowest BCUT2D eigenvalue weighted by Crippen LogP contribution is -2.34. The van der Waals surface area contributed by atoms with Crippen molar-refractivity contribution in [3.8, 4) is 6.07 Å². The summed E-state index contributed by atoms with van der Waals surface area (Å²) in [5.41, 5.74) is 0. The fourth-order valence-electron chi connectivity index (χ4n) is 2.89. The van der Waals surface area contributed by atoms with Gasteiger partial charge in [0, 0.05) is 5.82 Å². The molecule has 2 heteroatoms. The van der Waals surface area contributed by atoms with Crippen LogP contribution in [0.3, 0.4) is 0 Å². The molecule has 0 aromatic carbocycles. The van der Waals surface area contributed by atoms with Crippen LogP contribution in [0.2, 0.25) is 18.5 Å². The first-order valence-electron chi connectivity index (χ1n) is 4.81. The minimum atomic E-state index is 0.428. The van der Waals surface area contributed by atoms with Crippen molar-refractivity contribution in [2.24, 2.45) is 5.92 Å². The molecule has 0 amide bonds. The highest BCUT2D eigenvalue weighted by Gasteiger charge is 2.38. The van der Waals surface area contributed by atoms with Crippen LogP contribution in [0.25, 0.3) is 0 Å². The van der Waals surface area contributed by atoms with E-state index in [1.165, 1.54) is 38.3 Å². The van der Waals surface area contributed by atoms with Crippen LogP contribution < -0.4 is 0 Å². The zero-order valence-electron chi connectivity index (χ0n) is 6.92. The van der Waals surface area contributed by atoms with Gasteiger partial charge in [-0.2, -0.15) is 5.26 Å². The number of rotatable bonds is 0. The number of nitrogens with zero attached hydrogens (tertiary/aromatic N) is 1. The minimum absolute atomic E-state index is 0.428. The molecule has 1 unspecified atom stereocenters. The van der Waals surface area contributed by atoms with Gasteiger partial charge in [0.2, 0.25) is 0 Å². The zero-order valence-corrected chi connectivity index (χ0v) is 6.92. The Labute approximate surface area is 68.9 Å². The van der Waals surface area contributed by atoms with Crippen LogP contribution in [0, 0.1) is 17.2 Å². The number of nitriles is 1. The molecule has 2 fully saturated rings. The van der Waals surface area contributed by atoms with Crippen molar-refractivity contribution >= 4 is 6.71 Å². The number of fused-ring (bicyclic) bond motifs is 2. The predicted molar refractivity (Wildman–Crippen MR) is 46.7 cm³/mol. The van der Waals surface area contributed by atoms with Crippen LogP contribution in [0.15, 0.2) is 0 Å². The second kappa shape index (κ2) is 2.89. The van der Waals surface area contributed by atoms with Crippen LogP contribution >= 0.6 is 0 Å². The van der Waals surface area contributed by atoms with Gasteiger partial charge < -0.3 is 0 Å². The predicted octanol–water partition coefficient (Wildman–Crippen LogP) is 2.58. The molecular weight excluding hydrogens is 133 g/mol. The van der Waals surface area contributed by atoms with E-state index in [2.05, 4.69) is 6.07 Å². The van der Waals surface area contributed by atoms with Gasteiger partial charge in [-0.1, -0.05) is 38.3 Å². The first-order valence-corrected chi connectivity index (χ1v) is 4.81. The fourth-order valence-corrected chi connectivity index (χ4v) is 2.89. The molecule has 2 rings (SSSR count). The number of hydrogen-bond acceptors (Lipinski definition) is 1. The smallest absolute Gasteiger partial charge is 0.161 e. The maximum absolute atomic E-state index is 8.95. The van der Waals surface area contributed by atoms with E-state index in [1.54, 1.807) is 0 Å². The Morgan fingerprint density at radius 1 is 1.18 bits per heavy atom. The molecular formula is C9H14BN. The van der Waals surface area contributed by atoms with E-state index >= 15 is 0 Å². The monoisotopic (exact) mass is 147 g/mol. The Balaban J connectivity index is 2.12. The van der Waals surface area contributed by atoms with Crippen molar-refractivity contribution < 1.29 is 0 Å². The van der Waals surface area contributed by atoms with Gasteiger partial charge in [0.15, 0.2) is 6.71 Å². The molecule has 1 nitrogen and oxygen atoms in total. The van der Waals surface area contributed by atoms with Gasteiger partial charge in [-0.15, -0.1) is 0 Å². The van der Waals surface area contributed by atoms with Crippen molar-refractivity contribution in [3.05, 3.63) is 0 Å². The van der Waals surface area contributed by atoms with E-state index in [9.17, 15) is 0 Å². The average Bonchev–Trinajstić information content (AvgIpc) is 2.03. The van der Waals surface area contributed by atoms with Crippen LogP contribution in [0.5, 0.6) is 0 Å². The van der Waals surface area contributed by atoms with Crippen molar-refractivity contribution in [2.75, 3.05) is 0 Å². The molecule has 0 radical (unpaired) electrons. The molecule has 58 valence electrons. The highest BCUT2D eigenvalue weighted by molar-refractivity contribution is 6.61. The van der Waals surface area contributed by atoms with E-state index in [1.807, 2.05) is 0 Å². The highest BCUT2D eigenvalue weighted by Crippen LogP contribution is 2.43. The summed E-state index contributed by atoms with van der Waals surface area (Å²) >= 11 is 0. The van der Waals surface area contributed by atoms with Gasteiger partial charge >= 0.3 is 0 Å². The second-order valence-electron chi connectivity index (χ2n) is 4.04. The molecule has 0 N–H and O–H groups in total. The van der Waals surface area contributed by atoms with E-state index in [0.29, 0.717) is 5.82 Å². The summed E-state index contributed by atoms with van der Waals surface area (Å²) in [5.74, 6) is 1.20. The lowest BCUT2D eigenvalue weighted by atomic mass is 9.29. The third-order valence-corrected chi connectivity index (χ3v) is 3.46. The first-order chi connectivity index (χ1) is 5.42. The highest BCUT2D eigenvalue weighted by atomic mass is 14.3. The molecule has 0 spiro atoms. The summed E-state index contributed by atoms with van der Waals surface area (Å²) in [4.78, 5) is 0. The Hall–Kier alpha value is -0.445. The molecule has 2 aliphatic heterocycles. The Bertz CT molecular complexity index is 162. The van der Waals surface area contributed by atoms with Crippen molar-refractivity contribution in [1.82, 2.24) is 0 Å². The molecule has 2 aliphatic rings. The third kappa shape index (κ3) is 1.17. The summed E-state index contributed by atoms with van der Waals surface area (Å²) in [5, 5.41) is 8.95. The van der Waals surface area contributed by atoms with Crippen LogP contribution in [0.1, 0.15) is 25.7 Å². The second-order valence-corrected chi connectivity index (χ2v) is 4.04. The Morgan fingerprint density at radius 2 is 1.82 bits per heavy atom. The van der Waals surface area contributed by atoms with Crippen LogP contribution in [-0.2, 0) is 0 Å². The molecule has 0 saturated carbocycles. The van der Waals surface area contributed by atoms with Crippen LogP contribution in [0.4, 0.5) is 0 Å². The molecule has 11 heavy (non-hydrogen) atoms. The lowest BCUT2D eigenvalue weighted by Gasteiger charge is -2.36. The largest absolute Gasteiger partial charge is 0.199 e. The van der Waals surface area contributed by atoms with Gasteiger partial charge in [0.25, 0.3) is 0 Å². The van der Waals surface area contributed by atoms with Gasteiger partial charge in [-0.25, -0.2) is 0 Å². The summed E-state index contributed by atoms with van der Waals surface area (Å²) in [6, 6.07) is 2.51. The summed E-state index contributed by atoms with van der Waals surface area (Å²) in [6.45, 7) is 0.771. The lowest BCUT2D eigenvalue weighted by molar-refractivity contribution is 0.401. The third-order valence-electron chi connectivity index (χ3n) is 3.46. The first kappa shape index (κ1) is 7.22. The molecule has 0 aromatic rings. The Kier molecular flexibility index (Phi) is 1.90. The average molecular weight is 147 g/mol. The molecule has 0 aromatic heterocycles. The van der Waals surface area contributed by atoms with Crippen LogP contribution in [-0.4, -0.2) is 6.71 Å². The topological polar surface area (TPSA) is 23.8 Å². The molecule has 2 heterocycles. The number of hydrogen-bond donors (Lipinski definition) is 0. The van der Waals surface area contributed by atoms with Gasteiger partial charge in [-0.05, 0) is 5.92 Å². The Morgan fingerprint density at radius 3 is 2.18 bits per heavy atom. The minimum Gasteiger partial charge on any atom is -0.199 e. The van der Waals surface area contributed by atoms with Gasteiger partial charge in [0.05, 0.1) is 6.07 Å². The SMILES string of the molecule is N#CC1B2CCCC1CCC2. The quantitative estimate of drug-likeness (QED) is 0.483. The van der Waals surface area contributed by atoms with E-state index < -0.39 is 0 Å². The fraction of sp³-hybridized carbons (Fsp3) is 0.889. The van der Waals surface area contributed by atoms with Crippen molar-refractivity contribution in [1.29, 1.82) is 5.26 Å². The van der Waals surface area contributed by atoms with Crippen molar-refractivity contribution in [2.45, 2.75) is 44.1 Å². The van der Waals surface area contributed by atoms with E-state index in [-0.39, 0.29) is 0 Å². The maximum atomic E-state index is 8.95. The molecule has 2 bridgehead atoms. The standard InChI is InChI=1S/C9H14BN/c11-7-9-8-3-1-5-10(9)6-2-4-8/h8-9H,1-6H2. The zero-order chi connectivity index (χ0) is 7.68. The van der Waals surface area contributed by atoms with Gasteiger partial charge in [0.1, 0.15) is 0 Å². The normalized spacial score (nSPS) is 36.5. The van der Waals surface area contributed by atoms with Crippen molar-refractivity contribution in [3.63, 3.8) is 0 Å².